The maximum atomic E-state index is 12.4. The number of aromatic nitrogens is 1. The van der Waals surface area contributed by atoms with Crippen molar-refractivity contribution in [3.8, 4) is 5.75 Å². The molecule has 0 bridgehead atoms. The van der Waals surface area contributed by atoms with E-state index in [1.165, 1.54) is 17.2 Å². The molecule has 1 N–H and O–H groups in total. The first-order valence-corrected chi connectivity index (χ1v) is 9.34. The molecule has 1 aromatic heterocycles. The van der Waals surface area contributed by atoms with Crippen LogP contribution >= 0.6 is 0 Å². The Bertz CT molecular complexity index is 1030. The van der Waals surface area contributed by atoms with Gasteiger partial charge in [-0.2, -0.15) is 0 Å². The number of ketones is 1. The summed E-state index contributed by atoms with van der Waals surface area (Å²) in [5.74, 6) is -0.985. The molecular formula is C23H23NO4. The van der Waals surface area contributed by atoms with Crippen molar-refractivity contribution >= 4 is 22.7 Å². The highest BCUT2D eigenvalue weighted by molar-refractivity contribution is 6.00. The zero-order valence-corrected chi connectivity index (χ0v) is 16.1. The van der Waals surface area contributed by atoms with Crippen LogP contribution < -0.4 is 0 Å². The molecule has 3 rings (SSSR count). The number of Topliss-reactive ketones (excluding diaryl/α,β-unsaturated/α-hetero) is 1. The summed E-state index contributed by atoms with van der Waals surface area (Å²) < 4.78 is 4.84. The van der Waals surface area contributed by atoms with Gasteiger partial charge in [0.25, 0.3) is 0 Å². The molecule has 0 saturated carbocycles. The molecule has 0 radical (unpaired) electrons. The fourth-order valence-corrected chi connectivity index (χ4v) is 3.11. The Labute approximate surface area is 164 Å². The number of carbonyl (C=O) groups is 2. The lowest BCUT2D eigenvalue weighted by molar-refractivity contribution is -0.143. The third-order valence-electron chi connectivity index (χ3n) is 4.64. The second-order valence-corrected chi connectivity index (χ2v) is 6.71. The summed E-state index contributed by atoms with van der Waals surface area (Å²) in [6.45, 7) is 4.06. The van der Waals surface area contributed by atoms with E-state index in [0.29, 0.717) is 5.52 Å². The molecule has 28 heavy (non-hydrogen) atoms. The molecule has 5 heteroatoms. The molecule has 0 aliphatic rings. The summed E-state index contributed by atoms with van der Waals surface area (Å²) in [5.41, 5.74) is 4.15. The van der Waals surface area contributed by atoms with Crippen LogP contribution in [0.1, 0.15) is 46.9 Å². The van der Waals surface area contributed by atoms with Crippen molar-refractivity contribution in [2.45, 2.75) is 33.1 Å². The van der Waals surface area contributed by atoms with E-state index in [9.17, 15) is 14.7 Å². The third-order valence-corrected chi connectivity index (χ3v) is 4.64. The fraction of sp³-hybridized carbons (Fsp3) is 0.261. The Morgan fingerprint density at radius 2 is 1.86 bits per heavy atom. The van der Waals surface area contributed by atoms with Crippen LogP contribution in [-0.2, 0) is 16.0 Å². The largest absolute Gasteiger partial charge is 0.506 e. The summed E-state index contributed by atoms with van der Waals surface area (Å²) in [6.07, 6.45) is 0.685. The topological polar surface area (TPSA) is 76.5 Å². The summed E-state index contributed by atoms with van der Waals surface area (Å²) >= 11 is 0. The summed E-state index contributed by atoms with van der Waals surface area (Å²) in [6, 6.07) is 15.6. The molecule has 0 spiro atoms. The molecule has 3 aromatic rings. The number of ether oxygens (including phenoxy) is 1. The van der Waals surface area contributed by atoms with Gasteiger partial charge in [-0.3, -0.25) is 9.59 Å². The second kappa shape index (κ2) is 8.65. The van der Waals surface area contributed by atoms with Crippen molar-refractivity contribution in [2.75, 3.05) is 6.61 Å². The number of pyridine rings is 1. The van der Waals surface area contributed by atoms with Crippen LogP contribution in [0.25, 0.3) is 10.9 Å². The number of nitrogens with zero attached hydrogens (tertiary/aromatic N) is 1. The van der Waals surface area contributed by atoms with Crippen LogP contribution in [0.15, 0.2) is 48.5 Å². The van der Waals surface area contributed by atoms with Crippen LogP contribution in [0.4, 0.5) is 0 Å². The van der Waals surface area contributed by atoms with Gasteiger partial charge >= 0.3 is 5.97 Å². The first kappa shape index (κ1) is 19.5. The quantitative estimate of drug-likeness (QED) is 0.489. The van der Waals surface area contributed by atoms with Gasteiger partial charge in [0.15, 0.2) is 5.78 Å². The Hall–Kier alpha value is -3.21. The predicted octanol–water partition coefficient (Wildman–Crippen LogP) is 4.37. The number of hydrogen-bond acceptors (Lipinski definition) is 5. The Balaban J connectivity index is 1.84. The molecule has 5 nitrogen and oxygen atoms in total. The number of carbonyl (C=O) groups excluding carboxylic acids is 2. The smallest absolute Gasteiger partial charge is 0.306 e. The summed E-state index contributed by atoms with van der Waals surface area (Å²) in [7, 11) is 0. The van der Waals surface area contributed by atoms with Gasteiger partial charge < -0.3 is 9.84 Å². The van der Waals surface area contributed by atoms with Crippen LogP contribution in [0, 0.1) is 6.92 Å². The van der Waals surface area contributed by atoms with Gasteiger partial charge in [0, 0.05) is 11.8 Å². The number of aromatic hydroxyl groups is 1. The zero-order valence-electron chi connectivity index (χ0n) is 16.1. The first-order valence-electron chi connectivity index (χ1n) is 9.34. The van der Waals surface area contributed by atoms with Gasteiger partial charge in [-0.1, -0.05) is 36.4 Å². The highest BCUT2D eigenvalue weighted by Crippen LogP contribution is 2.25. The van der Waals surface area contributed by atoms with Crippen molar-refractivity contribution < 1.29 is 19.4 Å². The average Bonchev–Trinajstić information content (AvgIpc) is 2.68. The third kappa shape index (κ3) is 4.55. The van der Waals surface area contributed by atoms with E-state index in [1.807, 2.05) is 30.3 Å². The number of esters is 1. The van der Waals surface area contributed by atoms with Crippen LogP contribution in [0.5, 0.6) is 5.75 Å². The average molecular weight is 377 g/mol. The van der Waals surface area contributed by atoms with E-state index in [-0.39, 0.29) is 36.7 Å². The number of rotatable bonds is 7. The minimum absolute atomic E-state index is 0.00941. The lowest BCUT2D eigenvalue weighted by atomic mass is 9.99. The highest BCUT2D eigenvalue weighted by Gasteiger charge is 2.16. The van der Waals surface area contributed by atoms with Crippen molar-refractivity contribution in [3.63, 3.8) is 0 Å². The van der Waals surface area contributed by atoms with Crippen LogP contribution in [-0.4, -0.2) is 28.4 Å². The Morgan fingerprint density at radius 3 is 2.61 bits per heavy atom. The number of benzene rings is 2. The molecule has 0 unspecified atom stereocenters. The number of hydrogen-bond donors (Lipinski definition) is 1. The van der Waals surface area contributed by atoms with E-state index in [0.717, 1.165) is 17.4 Å². The molecule has 1 heterocycles. The molecule has 0 aliphatic carbocycles. The Kier molecular flexibility index (Phi) is 6.04. The summed E-state index contributed by atoms with van der Waals surface area (Å²) in [5, 5.41) is 10.9. The molecule has 144 valence electrons. The monoisotopic (exact) mass is 377 g/mol. The molecule has 2 aromatic carbocycles. The maximum absolute atomic E-state index is 12.4. The van der Waals surface area contributed by atoms with E-state index < -0.39 is 5.97 Å². The van der Waals surface area contributed by atoms with Crippen molar-refractivity contribution in [1.29, 1.82) is 0 Å². The first-order chi connectivity index (χ1) is 13.5. The molecule has 0 fully saturated rings. The van der Waals surface area contributed by atoms with Gasteiger partial charge in [-0.15, -0.1) is 0 Å². The van der Waals surface area contributed by atoms with Gasteiger partial charge in [0.1, 0.15) is 11.4 Å². The normalized spacial score (nSPS) is 10.8. The molecule has 0 aliphatic heterocycles. The molecule has 0 atom stereocenters. The van der Waals surface area contributed by atoms with E-state index >= 15 is 0 Å². The minimum atomic E-state index is -0.434. The van der Waals surface area contributed by atoms with Gasteiger partial charge in [0.2, 0.25) is 0 Å². The molecule has 0 amide bonds. The van der Waals surface area contributed by atoms with Crippen molar-refractivity contribution in [3.05, 3.63) is 70.9 Å². The van der Waals surface area contributed by atoms with Crippen molar-refractivity contribution in [1.82, 2.24) is 4.98 Å². The number of aryl methyl sites for hydroxylation is 1. The molecule has 0 saturated heterocycles. The summed E-state index contributed by atoms with van der Waals surface area (Å²) in [4.78, 5) is 28.2. The zero-order chi connectivity index (χ0) is 20.1. The fourth-order valence-electron chi connectivity index (χ4n) is 3.11. The maximum Gasteiger partial charge on any atom is 0.306 e. The lowest BCUT2D eigenvalue weighted by Gasteiger charge is -2.09. The van der Waals surface area contributed by atoms with Crippen LogP contribution in [0.2, 0.25) is 0 Å². The lowest BCUT2D eigenvalue weighted by Crippen LogP contribution is -2.09. The SMILES string of the molecule is CCOC(=O)CCC(=O)c1nc2cc(Cc3ccccc3C)ccc2cc1O. The van der Waals surface area contributed by atoms with E-state index in [1.54, 1.807) is 6.92 Å². The second-order valence-electron chi connectivity index (χ2n) is 6.71. The van der Waals surface area contributed by atoms with E-state index in [4.69, 9.17) is 4.74 Å². The van der Waals surface area contributed by atoms with E-state index in [2.05, 4.69) is 24.0 Å². The standard InChI is InChI=1S/C23H23NO4/c1-3-28-22(27)11-10-20(25)23-21(26)14-18-9-8-16(13-19(18)24-23)12-17-7-5-4-6-15(17)2/h4-9,13-14,26H,3,10-12H2,1-2H3. The van der Waals surface area contributed by atoms with Gasteiger partial charge in [0.05, 0.1) is 18.5 Å². The van der Waals surface area contributed by atoms with Gasteiger partial charge in [-0.05, 0) is 49.1 Å². The Morgan fingerprint density at radius 1 is 1.07 bits per heavy atom. The molecular weight excluding hydrogens is 354 g/mol. The van der Waals surface area contributed by atoms with Crippen LogP contribution in [0.3, 0.4) is 0 Å². The highest BCUT2D eigenvalue weighted by atomic mass is 16.5. The van der Waals surface area contributed by atoms with Gasteiger partial charge in [-0.25, -0.2) is 4.98 Å². The minimum Gasteiger partial charge on any atom is -0.506 e. The predicted molar refractivity (Wildman–Crippen MR) is 108 cm³/mol. The van der Waals surface area contributed by atoms with Crippen molar-refractivity contribution in [2.24, 2.45) is 0 Å². The number of fused-ring (bicyclic) bond motifs is 1.